The first-order valence-electron chi connectivity index (χ1n) is 11.5. The number of fused-ring (bicyclic) bond motifs is 1. The standard InChI is InChI=1S/C28H30N4O2/c1-28(2,3)21-13-11-20(12-14-21)25(30-31-29)17-24-23-7-5-6-8-26(23)32(27(24)33)18-19-9-15-22(34-4)16-10-19/h5-16,24-25H,17-18H2,1-4H3. The third-order valence-corrected chi connectivity index (χ3v) is 6.48. The number of benzene rings is 3. The highest BCUT2D eigenvalue weighted by molar-refractivity contribution is 6.04. The second kappa shape index (κ2) is 9.62. The molecule has 34 heavy (non-hydrogen) atoms. The van der Waals surface area contributed by atoms with Crippen molar-refractivity contribution >= 4 is 11.6 Å². The molecule has 0 aliphatic carbocycles. The Morgan fingerprint density at radius 1 is 1.03 bits per heavy atom. The minimum Gasteiger partial charge on any atom is -0.497 e. The Labute approximate surface area is 200 Å². The summed E-state index contributed by atoms with van der Waals surface area (Å²) in [5.41, 5.74) is 14.3. The lowest BCUT2D eigenvalue weighted by Crippen LogP contribution is -2.28. The molecule has 3 aromatic rings. The summed E-state index contributed by atoms with van der Waals surface area (Å²) in [5, 5.41) is 4.08. The van der Waals surface area contributed by atoms with Crippen LogP contribution in [-0.2, 0) is 16.8 Å². The van der Waals surface area contributed by atoms with Crippen molar-refractivity contribution in [3.05, 3.63) is 105 Å². The van der Waals surface area contributed by atoms with Crippen LogP contribution in [0.1, 0.15) is 61.4 Å². The number of carbonyl (C=O) groups is 1. The number of hydrogen-bond acceptors (Lipinski definition) is 3. The van der Waals surface area contributed by atoms with Crippen LogP contribution >= 0.6 is 0 Å². The van der Waals surface area contributed by atoms with Crippen molar-refractivity contribution in [2.24, 2.45) is 5.11 Å². The Bertz CT molecular complexity index is 1210. The van der Waals surface area contributed by atoms with Gasteiger partial charge < -0.3 is 9.64 Å². The molecule has 0 fully saturated rings. The zero-order valence-electron chi connectivity index (χ0n) is 20.1. The molecule has 0 N–H and O–H groups in total. The van der Waals surface area contributed by atoms with Crippen LogP contribution in [0.15, 0.2) is 77.9 Å². The topological polar surface area (TPSA) is 78.3 Å². The van der Waals surface area contributed by atoms with E-state index in [9.17, 15) is 10.3 Å². The van der Waals surface area contributed by atoms with E-state index in [2.05, 4.69) is 42.9 Å². The number of azide groups is 1. The second-order valence-corrected chi connectivity index (χ2v) is 9.71. The summed E-state index contributed by atoms with van der Waals surface area (Å²) in [4.78, 5) is 18.5. The van der Waals surface area contributed by atoms with E-state index in [0.717, 1.165) is 28.1 Å². The highest BCUT2D eigenvalue weighted by Gasteiger charge is 2.38. The van der Waals surface area contributed by atoms with Crippen molar-refractivity contribution in [2.45, 2.75) is 51.1 Å². The smallest absolute Gasteiger partial charge is 0.234 e. The molecule has 1 heterocycles. The summed E-state index contributed by atoms with van der Waals surface area (Å²) < 4.78 is 5.25. The molecular weight excluding hydrogens is 424 g/mol. The maximum atomic E-state index is 13.6. The number of anilines is 1. The Hall–Kier alpha value is -3.76. The number of amides is 1. The van der Waals surface area contributed by atoms with Crippen molar-refractivity contribution in [2.75, 3.05) is 12.0 Å². The summed E-state index contributed by atoms with van der Waals surface area (Å²) in [5.74, 6) is 0.443. The van der Waals surface area contributed by atoms with Gasteiger partial charge in [-0.2, -0.15) is 0 Å². The van der Waals surface area contributed by atoms with Gasteiger partial charge in [0, 0.05) is 10.6 Å². The number of rotatable bonds is 7. The minimum absolute atomic E-state index is 0.0291. The number of ether oxygens (including phenoxy) is 1. The van der Waals surface area contributed by atoms with Crippen LogP contribution in [0, 0.1) is 0 Å². The quantitative estimate of drug-likeness (QED) is 0.217. The van der Waals surface area contributed by atoms with Crippen LogP contribution in [0.4, 0.5) is 5.69 Å². The maximum Gasteiger partial charge on any atom is 0.234 e. The molecule has 6 nitrogen and oxygen atoms in total. The third-order valence-electron chi connectivity index (χ3n) is 6.48. The molecule has 0 saturated heterocycles. The molecule has 6 heteroatoms. The van der Waals surface area contributed by atoms with Crippen molar-refractivity contribution in [3.8, 4) is 5.75 Å². The van der Waals surface area contributed by atoms with Gasteiger partial charge in [-0.15, -0.1) is 0 Å². The molecule has 1 aliphatic heterocycles. The van der Waals surface area contributed by atoms with E-state index in [1.807, 2.05) is 65.6 Å². The van der Waals surface area contributed by atoms with Gasteiger partial charge in [0.2, 0.25) is 5.91 Å². The van der Waals surface area contributed by atoms with Crippen LogP contribution in [0.25, 0.3) is 10.4 Å². The van der Waals surface area contributed by atoms with E-state index in [-0.39, 0.29) is 17.2 Å². The van der Waals surface area contributed by atoms with E-state index < -0.39 is 6.04 Å². The molecular formula is C28H30N4O2. The molecule has 4 rings (SSSR count). The maximum absolute atomic E-state index is 13.6. The number of carbonyl (C=O) groups excluding carboxylic acids is 1. The fourth-order valence-corrected chi connectivity index (χ4v) is 4.51. The molecule has 0 bridgehead atoms. The van der Waals surface area contributed by atoms with Gasteiger partial charge in [-0.3, -0.25) is 4.79 Å². The first-order valence-corrected chi connectivity index (χ1v) is 11.5. The monoisotopic (exact) mass is 454 g/mol. The Morgan fingerprint density at radius 2 is 1.71 bits per heavy atom. The van der Waals surface area contributed by atoms with Crippen molar-refractivity contribution in [3.63, 3.8) is 0 Å². The van der Waals surface area contributed by atoms with E-state index in [4.69, 9.17) is 4.74 Å². The largest absolute Gasteiger partial charge is 0.497 e. The minimum atomic E-state index is -0.429. The molecule has 2 unspecified atom stereocenters. The SMILES string of the molecule is COc1ccc(CN2C(=O)C(CC(N=[N+]=[N-])c3ccc(C(C)(C)C)cc3)c3ccccc32)cc1. The summed E-state index contributed by atoms with van der Waals surface area (Å²) in [7, 11) is 1.64. The summed E-state index contributed by atoms with van der Waals surface area (Å²) in [6, 6.07) is 23.4. The first kappa shape index (κ1) is 23.4. The van der Waals surface area contributed by atoms with Gasteiger partial charge in [-0.05, 0) is 57.8 Å². The van der Waals surface area contributed by atoms with Gasteiger partial charge in [0.1, 0.15) is 5.75 Å². The van der Waals surface area contributed by atoms with Crippen molar-refractivity contribution in [1.29, 1.82) is 0 Å². The Kier molecular flexibility index (Phi) is 6.62. The van der Waals surface area contributed by atoms with E-state index in [0.29, 0.717) is 13.0 Å². The lowest BCUT2D eigenvalue weighted by atomic mass is 9.85. The van der Waals surface area contributed by atoms with Gasteiger partial charge in [0.05, 0.1) is 25.6 Å². The van der Waals surface area contributed by atoms with Crippen LogP contribution in [0.5, 0.6) is 5.75 Å². The molecule has 0 spiro atoms. The van der Waals surface area contributed by atoms with Crippen LogP contribution < -0.4 is 9.64 Å². The average Bonchev–Trinajstić information content (AvgIpc) is 3.09. The Morgan fingerprint density at radius 3 is 2.32 bits per heavy atom. The third kappa shape index (κ3) is 4.78. The van der Waals surface area contributed by atoms with Gasteiger partial charge in [0.15, 0.2) is 0 Å². The predicted octanol–water partition coefficient (Wildman–Crippen LogP) is 7.06. The second-order valence-electron chi connectivity index (χ2n) is 9.71. The normalized spacial score (nSPS) is 16.1. The number of methoxy groups -OCH3 is 1. The van der Waals surface area contributed by atoms with Crippen LogP contribution in [0.3, 0.4) is 0 Å². The molecule has 0 saturated carbocycles. The summed E-state index contributed by atoms with van der Waals surface area (Å²) in [6.45, 7) is 6.97. The van der Waals surface area contributed by atoms with Gasteiger partial charge in [-0.25, -0.2) is 0 Å². The highest BCUT2D eigenvalue weighted by Crippen LogP contribution is 2.43. The lowest BCUT2D eigenvalue weighted by Gasteiger charge is -2.21. The fourth-order valence-electron chi connectivity index (χ4n) is 4.51. The molecule has 2 atom stereocenters. The van der Waals surface area contributed by atoms with Crippen molar-refractivity contribution < 1.29 is 9.53 Å². The number of para-hydroxylation sites is 1. The Balaban J connectivity index is 1.61. The molecule has 1 aliphatic rings. The van der Waals surface area contributed by atoms with Gasteiger partial charge in [-0.1, -0.05) is 80.5 Å². The zero-order chi connectivity index (χ0) is 24.3. The highest BCUT2D eigenvalue weighted by atomic mass is 16.5. The van der Waals surface area contributed by atoms with Crippen molar-refractivity contribution in [1.82, 2.24) is 0 Å². The lowest BCUT2D eigenvalue weighted by molar-refractivity contribution is -0.119. The number of nitrogens with zero attached hydrogens (tertiary/aromatic N) is 4. The van der Waals surface area contributed by atoms with E-state index >= 15 is 0 Å². The zero-order valence-corrected chi connectivity index (χ0v) is 20.1. The van der Waals surface area contributed by atoms with E-state index in [1.54, 1.807) is 7.11 Å². The fraction of sp³-hybridized carbons (Fsp3) is 0.321. The van der Waals surface area contributed by atoms with E-state index in [1.165, 1.54) is 5.56 Å². The van der Waals surface area contributed by atoms with Gasteiger partial charge in [0.25, 0.3) is 0 Å². The molecule has 0 radical (unpaired) electrons. The number of hydrogen-bond donors (Lipinski definition) is 0. The van der Waals surface area contributed by atoms with Gasteiger partial charge >= 0.3 is 0 Å². The molecule has 174 valence electrons. The molecule has 0 aromatic heterocycles. The summed E-state index contributed by atoms with van der Waals surface area (Å²) in [6.07, 6.45) is 0.424. The first-order chi connectivity index (χ1) is 16.3. The van der Waals surface area contributed by atoms with Crippen LogP contribution in [0.2, 0.25) is 0 Å². The summed E-state index contributed by atoms with van der Waals surface area (Å²) >= 11 is 0. The molecule has 3 aromatic carbocycles. The average molecular weight is 455 g/mol. The molecule has 1 amide bonds. The van der Waals surface area contributed by atoms with Crippen LogP contribution in [-0.4, -0.2) is 13.0 Å². The predicted molar refractivity (Wildman–Crippen MR) is 135 cm³/mol.